The van der Waals surface area contributed by atoms with Crippen LogP contribution < -0.4 is 0 Å². The second-order valence-electron chi connectivity index (χ2n) is 5.88. The van der Waals surface area contributed by atoms with Crippen molar-refractivity contribution in [3.63, 3.8) is 0 Å². The maximum atomic E-state index is 9.34. The molecular formula is C17H28N2O. The van der Waals surface area contributed by atoms with Gasteiger partial charge in [0.15, 0.2) is 0 Å². The van der Waals surface area contributed by atoms with Crippen LogP contribution >= 0.6 is 0 Å². The summed E-state index contributed by atoms with van der Waals surface area (Å²) >= 11 is 0. The van der Waals surface area contributed by atoms with Crippen LogP contribution in [0.2, 0.25) is 0 Å². The second-order valence-corrected chi connectivity index (χ2v) is 5.88. The standard InChI is InChI=1S/C17H28N2O/c1-4-18(5-2)16-10-11-19(13-16)14(3)12-15-6-8-17(20)9-7-15/h6-9,14,16,20H,4-5,10-13H2,1-3H3. The molecule has 1 heterocycles. The molecule has 0 saturated carbocycles. The summed E-state index contributed by atoms with van der Waals surface area (Å²) in [7, 11) is 0. The first-order chi connectivity index (χ1) is 9.63. The van der Waals surface area contributed by atoms with E-state index >= 15 is 0 Å². The van der Waals surface area contributed by atoms with Crippen molar-refractivity contribution in [3.8, 4) is 5.75 Å². The van der Waals surface area contributed by atoms with Crippen LogP contribution in [0.1, 0.15) is 32.8 Å². The fourth-order valence-corrected chi connectivity index (χ4v) is 3.31. The molecule has 2 rings (SSSR count). The lowest BCUT2D eigenvalue weighted by Crippen LogP contribution is -2.39. The number of hydrogen-bond donors (Lipinski definition) is 1. The monoisotopic (exact) mass is 276 g/mol. The van der Waals surface area contributed by atoms with E-state index < -0.39 is 0 Å². The van der Waals surface area contributed by atoms with Crippen LogP contribution in [-0.4, -0.2) is 53.2 Å². The summed E-state index contributed by atoms with van der Waals surface area (Å²) in [6.45, 7) is 11.5. The number of benzene rings is 1. The number of rotatable bonds is 6. The van der Waals surface area contributed by atoms with E-state index in [1.54, 1.807) is 12.1 Å². The molecule has 0 bridgehead atoms. The third-order valence-electron chi connectivity index (χ3n) is 4.61. The fourth-order valence-electron chi connectivity index (χ4n) is 3.31. The molecule has 0 spiro atoms. The average molecular weight is 276 g/mol. The predicted molar refractivity (Wildman–Crippen MR) is 84.2 cm³/mol. The summed E-state index contributed by atoms with van der Waals surface area (Å²) in [6.07, 6.45) is 2.35. The molecule has 3 heteroatoms. The van der Waals surface area contributed by atoms with Crippen LogP contribution in [-0.2, 0) is 6.42 Å². The molecule has 1 fully saturated rings. The Kier molecular flexibility index (Phi) is 5.44. The first-order valence-electron chi connectivity index (χ1n) is 7.90. The lowest BCUT2D eigenvalue weighted by molar-refractivity contribution is 0.192. The Hall–Kier alpha value is -1.06. The Balaban J connectivity index is 1.87. The highest BCUT2D eigenvalue weighted by molar-refractivity contribution is 5.26. The van der Waals surface area contributed by atoms with E-state index in [0.29, 0.717) is 11.8 Å². The van der Waals surface area contributed by atoms with Crippen LogP contribution in [0.25, 0.3) is 0 Å². The second kappa shape index (κ2) is 7.09. The van der Waals surface area contributed by atoms with E-state index in [0.717, 1.165) is 25.6 Å². The third kappa shape index (κ3) is 3.74. The number of phenols is 1. The van der Waals surface area contributed by atoms with Gasteiger partial charge in [-0.1, -0.05) is 26.0 Å². The third-order valence-corrected chi connectivity index (χ3v) is 4.61. The molecule has 0 amide bonds. The van der Waals surface area contributed by atoms with Crippen LogP contribution in [0.3, 0.4) is 0 Å². The van der Waals surface area contributed by atoms with E-state index in [-0.39, 0.29) is 0 Å². The van der Waals surface area contributed by atoms with Crippen LogP contribution in [0.5, 0.6) is 5.75 Å². The minimum Gasteiger partial charge on any atom is -0.508 e. The zero-order valence-electron chi connectivity index (χ0n) is 13.0. The maximum absolute atomic E-state index is 9.34. The van der Waals surface area contributed by atoms with Gasteiger partial charge in [-0.2, -0.15) is 0 Å². The van der Waals surface area contributed by atoms with Crippen molar-refractivity contribution in [1.82, 2.24) is 9.80 Å². The molecule has 3 nitrogen and oxygen atoms in total. The minimum atomic E-state index is 0.351. The molecule has 112 valence electrons. The normalized spacial score (nSPS) is 21.5. The van der Waals surface area contributed by atoms with Gasteiger partial charge in [0.25, 0.3) is 0 Å². The van der Waals surface area contributed by atoms with Gasteiger partial charge in [-0.25, -0.2) is 0 Å². The van der Waals surface area contributed by atoms with Gasteiger partial charge in [-0.15, -0.1) is 0 Å². The van der Waals surface area contributed by atoms with Crippen molar-refractivity contribution in [2.45, 2.75) is 45.7 Å². The first kappa shape index (κ1) is 15.3. The van der Waals surface area contributed by atoms with Gasteiger partial charge in [-0.3, -0.25) is 9.80 Å². The SMILES string of the molecule is CCN(CC)C1CCN(C(C)Cc2ccc(O)cc2)C1. The van der Waals surface area contributed by atoms with Crippen LogP contribution in [0.4, 0.5) is 0 Å². The van der Waals surface area contributed by atoms with Crippen molar-refractivity contribution in [3.05, 3.63) is 29.8 Å². The maximum Gasteiger partial charge on any atom is 0.115 e. The summed E-state index contributed by atoms with van der Waals surface area (Å²) in [5.74, 6) is 0.351. The van der Waals surface area contributed by atoms with Gasteiger partial charge < -0.3 is 5.11 Å². The topological polar surface area (TPSA) is 26.7 Å². The highest BCUT2D eigenvalue weighted by Crippen LogP contribution is 2.20. The number of aromatic hydroxyl groups is 1. The molecule has 1 aliphatic rings. The predicted octanol–water partition coefficient (Wildman–Crippen LogP) is 2.74. The van der Waals surface area contributed by atoms with Gasteiger partial charge in [0.05, 0.1) is 0 Å². The molecule has 1 N–H and O–H groups in total. The van der Waals surface area contributed by atoms with Gasteiger partial charge in [0.2, 0.25) is 0 Å². The van der Waals surface area contributed by atoms with Crippen LogP contribution in [0, 0.1) is 0 Å². The largest absolute Gasteiger partial charge is 0.508 e. The molecular weight excluding hydrogens is 248 g/mol. The van der Waals surface area contributed by atoms with Crippen molar-refractivity contribution < 1.29 is 5.11 Å². The van der Waals surface area contributed by atoms with Gasteiger partial charge in [-0.05, 0) is 50.6 Å². The lowest BCUT2D eigenvalue weighted by atomic mass is 10.1. The van der Waals surface area contributed by atoms with Crippen molar-refractivity contribution in [2.24, 2.45) is 0 Å². The van der Waals surface area contributed by atoms with E-state index in [1.165, 1.54) is 25.1 Å². The minimum absolute atomic E-state index is 0.351. The Morgan fingerprint density at radius 2 is 1.90 bits per heavy atom. The van der Waals surface area contributed by atoms with Crippen molar-refractivity contribution >= 4 is 0 Å². The first-order valence-corrected chi connectivity index (χ1v) is 7.90. The Morgan fingerprint density at radius 1 is 1.25 bits per heavy atom. The molecule has 0 aromatic heterocycles. The van der Waals surface area contributed by atoms with Crippen molar-refractivity contribution in [2.75, 3.05) is 26.2 Å². The number of phenolic OH excluding ortho intramolecular Hbond substituents is 1. The summed E-state index contributed by atoms with van der Waals surface area (Å²) < 4.78 is 0. The molecule has 20 heavy (non-hydrogen) atoms. The zero-order valence-corrected chi connectivity index (χ0v) is 13.0. The molecule has 0 radical (unpaired) electrons. The number of hydrogen-bond acceptors (Lipinski definition) is 3. The van der Waals surface area contributed by atoms with Crippen molar-refractivity contribution in [1.29, 1.82) is 0 Å². The van der Waals surface area contributed by atoms with Crippen LogP contribution in [0.15, 0.2) is 24.3 Å². The molecule has 1 saturated heterocycles. The highest BCUT2D eigenvalue weighted by atomic mass is 16.3. The quantitative estimate of drug-likeness (QED) is 0.865. The number of likely N-dealkylation sites (tertiary alicyclic amines) is 1. The Labute approximate surface area is 123 Å². The highest BCUT2D eigenvalue weighted by Gasteiger charge is 2.28. The molecule has 1 aromatic carbocycles. The number of nitrogens with zero attached hydrogens (tertiary/aromatic N) is 2. The molecule has 1 aliphatic heterocycles. The summed E-state index contributed by atoms with van der Waals surface area (Å²) in [4.78, 5) is 5.18. The molecule has 1 aromatic rings. The van der Waals surface area contributed by atoms with E-state index in [2.05, 4.69) is 30.6 Å². The average Bonchev–Trinajstić information content (AvgIpc) is 2.92. The van der Waals surface area contributed by atoms with E-state index in [9.17, 15) is 5.11 Å². The molecule has 2 unspecified atom stereocenters. The van der Waals surface area contributed by atoms with Gasteiger partial charge >= 0.3 is 0 Å². The lowest BCUT2D eigenvalue weighted by Gasteiger charge is -2.28. The van der Waals surface area contributed by atoms with Gasteiger partial charge in [0.1, 0.15) is 5.75 Å². The summed E-state index contributed by atoms with van der Waals surface area (Å²) in [5.41, 5.74) is 1.31. The Bertz CT molecular complexity index is 400. The van der Waals surface area contributed by atoms with Gasteiger partial charge in [0, 0.05) is 25.2 Å². The summed E-state index contributed by atoms with van der Waals surface area (Å²) in [5, 5.41) is 9.34. The fraction of sp³-hybridized carbons (Fsp3) is 0.647. The smallest absolute Gasteiger partial charge is 0.115 e. The van der Waals surface area contributed by atoms with E-state index in [4.69, 9.17) is 0 Å². The van der Waals surface area contributed by atoms with E-state index in [1.807, 2.05) is 12.1 Å². The molecule has 2 atom stereocenters. The zero-order chi connectivity index (χ0) is 14.5. The Morgan fingerprint density at radius 3 is 2.50 bits per heavy atom. The summed E-state index contributed by atoms with van der Waals surface area (Å²) in [6, 6.07) is 8.93. The number of likely N-dealkylation sites (N-methyl/N-ethyl adjacent to an activating group) is 1. The molecule has 0 aliphatic carbocycles.